The number of hydrogen-bond donors (Lipinski definition) is 2. The number of carbonyl (C=O) groups excluding carboxylic acids is 1. The van der Waals surface area contributed by atoms with E-state index in [2.05, 4.69) is 10.0 Å². The quantitative estimate of drug-likeness (QED) is 0.890. The first-order valence-electron chi connectivity index (χ1n) is 6.91. The summed E-state index contributed by atoms with van der Waals surface area (Å²) in [5, 5.41) is 2.60. The van der Waals surface area contributed by atoms with Crippen LogP contribution in [0.5, 0.6) is 0 Å². The van der Waals surface area contributed by atoms with E-state index in [4.69, 9.17) is 0 Å². The van der Waals surface area contributed by atoms with Crippen LogP contribution in [0.3, 0.4) is 0 Å². The summed E-state index contributed by atoms with van der Waals surface area (Å²) in [7, 11) is -3.65. The first kappa shape index (κ1) is 16.0. The smallest absolute Gasteiger partial charge is 0.261 e. The van der Waals surface area contributed by atoms with Gasteiger partial charge in [0.1, 0.15) is 0 Å². The van der Waals surface area contributed by atoms with Crippen LogP contribution in [0, 0.1) is 0 Å². The molecular weight excluding hydrogens is 300 g/mol. The Bertz CT molecular complexity index is 768. The highest BCUT2D eigenvalue weighted by Gasteiger charge is 2.15. The van der Waals surface area contributed by atoms with Crippen molar-refractivity contribution in [3.05, 3.63) is 54.1 Å². The molecule has 0 aliphatic rings. The number of aryl methyl sites for hydroxylation is 1. The lowest BCUT2D eigenvalue weighted by Gasteiger charge is -2.12. The molecule has 0 saturated carbocycles. The van der Waals surface area contributed by atoms with Gasteiger partial charge in [0, 0.05) is 12.6 Å². The average molecular weight is 318 g/mol. The van der Waals surface area contributed by atoms with Crippen molar-refractivity contribution < 1.29 is 13.2 Å². The minimum absolute atomic E-state index is 0.146. The molecular formula is C16H18N2O3S. The van der Waals surface area contributed by atoms with Crippen molar-refractivity contribution in [1.82, 2.24) is 0 Å². The molecule has 22 heavy (non-hydrogen) atoms. The molecule has 0 aromatic heterocycles. The maximum Gasteiger partial charge on any atom is 0.261 e. The fraction of sp³-hybridized carbons (Fsp3) is 0.188. The molecule has 0 unspecified atom stereocenters. The molecule has 1 amide bonds. The summed E-state index contributed by atoms with van der Waals surface area (Å²) >= 11 is 0. The standard InChI is InChI=1S/C16H18N2O3S/c1-3-13-6-4-5-7-16(13)18-22(20,21)15-10-8-14(9-11-15)17-12(2)19/h4-11,18H,3H2,1-2H3,(H,17,19). The monoisotopic (exact) mass is 318 g/mol. The van der Waals surface area contributed by atoms with Crippen LogP contribution in [0.2, 0.25) is 0 Å². The lowest BCUT2D eigenvalue weighted by Crippen LogP contribution is -2.14. The summed E-state index contributed by atoms with van der Waals surface area (Å²) < 4.78 is 27.4. The van der Waals surface area contributed by atoms with E-state index in [1.54, 1.807) is 24.3 Å². The minimum atomic E-state index is -3.65. The van der Waals surface area contributed by atoms with E-state index in [0.717, 1.165) is 12.0 Å². The number of benzene rings is 2. The molecule has 0 atom stereocenters. The zero-order valence-electron chi connectivity index (χ0n) is 12.5. The van der Waals surface area contributed by atoms with Gasteiger partial charge in [-0.05, 0) is 42.3 Å². The summed E-state index contributed by atoms with van der Waals surface area (Å²) in [6.07, 6.45) is 0.736. The molecule has 0 aliphatic carbocycles. The average Bonchev–Trinajstić information content (AvgIpc) is 2.47. The zero-order chi connectivity index (χ0) is 16.2. The highest BCUT2D eigenvalue weighted by atomic mass is 32.2. The molecule has 2 N–H and O–H groups in total. The van der Waals surface area contributed by atoms with E-state index >= 15 is 0 Å². The van der Waals surface area contributed by atoms with Crippen molar-refractivity contribution >= 4 is 27.3 Å². The van der Waals surface area contributed by atoms with Crippen LogP contribution in [0.15, 0.2) is 53.4 Å². The van der Waals surface area contributed by atoms with Gasteiger partial charge in [0.25, 0.3) is 10.0 Å². The SMILES string of the molecule is CCc1ccccc1NS(=O)(=O)c1ccc(NC(C)=O)cc1. The van der Waals surface area contributed by atoms with Gasteiger partial charge in [0.15, 0.2) is 0 Å². The van der Waals surface area contributed by atoms with Gasteiger partial charge in [-0.15, -0.1) is 0 Å². The molecule has 0 aliphatic heterocycles. The normalized spacial score (nSPS) is 11.0. The van der Waals surface area contributed by atoms with Crippen molar-refractivity contribution in [2.24, 2.45) is 0 Å². The van der Waals surface area contributed by atoms with Gasteiger partial charge in [0.2, 0.25) is 5.91 Å². The summed E-state index contributed by atoms with van der Waals surface area (Å²) in [5.41, 5.74) is 2.07. The molecule has 0 saturated heterocycles. The molecule has 2 aromatic rings. The van der Waals surface area contributed by atoms with E-state index in [0.29, 0.717) is 11.4 Å². The van der Waals surface area contributed by atoms with Gasteiger partial charge in [-0.3, -0.25) is 9.52 Å². The Balaban J connectivity index is 2.25. The second-order valence-corrected chi connectivity index (χ2v) is 6.50. The molecule has 5 nitrogen and oxygen atoms in total. The van der Waals surface area contributed by atoms with Crippen molar-refractivity contribution in [2.45, 2.75) is 25.2 Å². The van der Waals surface area contributed by atoms with Gasteiger partial charge in [0.05, 0.1) is 10.6 Å². The van der Waals surface area contributed by atoms with Crippen LogP contribution < -0.4 is 10.0 Å². The van der Waals surface area contributed by atoms with Crippen LogP contribution in [0.4, 0.5) is 11.4 Å². The number of anilines is 2. The third kappa shape index (κ3) is 3.85. The van der Waals surface area contributed by atoms with Crippen molar-refractivity contribution in [3.63, 3.8) is 0 Å². The predicted molar refractivity (Wildman–Crippen MR) is 87.4 cm³/mol. The number of rotatable bonds is 5. The van der Waals surface area contributed by atoms with Gasteiger partial charge < -0.3 is 5.32 Å². The highest BCUT2D eigenvalue weighted by molar-refractivity contribution is 7.92. The first-order valence-corrected chi connectivity index (χ1v) is 8.39. The molecule has 0 spiro atoms. The Labute approximate surface area is 130 Å². The number of nitrogens with one attached hydrogen (secondary N) is 2. The Hall–Kier alpha value is -2.34. The fourth-order valence-corrected chi connectivity index (χ4v) is 3.15. The number of sulfonamides is 1. The first-order chi connectivity index (χ1) is 10.4. The summed E-state index contributed by atoms with van der Waals surface area (Å²) in [4.78, 5) is 11.1. The zero-order valence-corrected chi connectivity index (χ0v) is 13.3. The Kier molecular flexibility index (Phi) is 4.82. The van der Waals surface area contributed by atoms with Gasteiger partial charge >= 0.3 is 0 Å². The van der Waals surface area contributed by atoms with Gasteiger partial charge in [-0.1, -0.05) is 25.1 Å². The minimum Gasteiger partial charge on any atom is -0.326 e. The summed E-state index contributed by atoms with van der Waals surface area (Å²) in [6.45, 7) is 3.36. The Morgan fingerprint density at radius 1 is 1.05 bits per heavy atom. The third-order valence-corrected chi connectivity index (χ3v) is 4.51. The van der Waals surface area contributed by atoms with Crippen molar-refractivity contribution in [2.75, 3.05) is 10.0 Å². The third-order valence-electron chi connectivity index (χ3n) is 3.13. The lowest BCUT2D eigenvalue weighted by molar-refractivity contribution is -0.114. The van der Waals surface area contributed by atoms with Crippen LogP contribution in [0.25, 0.3) is 0 Å². The largest absolute Gasteiger partial charge is 0.326 e. The molecule has 0 heterocycles. The molecule has 116 valence electrons. The second kappa shape index (κ2) is 6.62. The number of para-hydroxylation sites is 1. The van der Waals surface area contributed by atoms with Crippen LogP contribution in [-0.2, 0) is 21.2 Å². The number of amides is 1. The van der Waals surface area contributed by atoms with Gasteiger partial charge in [-0.25, -0.2) is 8.42 Å². The predicted octanol–water partition coefficient (Wildman–Crippen LogP) is 3.01. The fourth-order valence-electron chi connectivity index (χ4n) is 2.05. The lowest BCUT2D eigenvalue weighted by atomic mass is 10.1. The maximum absolute atomic E-state index is 12.4. The molecule has 6 heteroatoms. The summed E-state index contributed by atoms with van der Waals surface area (Å²) in [5.74, 6) is -0.203. The molecule has 0 bridgehead atoms. The highest BCUT2D eigenvalue weighted by Crippen LogP contribution is 2.21. The molecule has 0 fully saturated rings. The molecule has 0 radical (unpaired) electrons. The number of hydrogen-bond acceptors (Lipinski definition) is 3. The van der Waals surface area contributed by atoms with Crippen molar-refractivity contribution in [1.29, 1.82) is 0 Å². The van der Waals surface area contributed by atoms with Gasteiger partial charge in [-0.2, -0.15) is 0 Å². The van der Waals surface area contributed by atoms with Crippen LogP contribution in [-0.4, -0.2) is 14.3 Å². The van der Waals surface area contributed by atoms with E-state index < -0.39 is 10.0 Å². The van der Waals surface area contributed by atoms with E-state index in [-0.39, 0.29) is 10.8 Å². The van der Waals surface area contributed by atoms with Crippen molar-refractivity contribution in [3.8, 4) is 0 Å². The Morgan fingerprint density at radius 3 is 2.27 bits per heavy atom. The van der Waals surface area contributed by atoms with Crippen LogP contribution >= 0.6 is 0 Å². The van der Waals surface area contributed by atoms with E-state index in [1.807, 2.05) is 19.1 Å². The Morgan fingerprint density at radius 2 is 1.68 bits per heavy atom. The second-order valence-electron chi connectivity index (χ2n) is 4.82. The topological polar surface area (TPSA) is 75.3 Å². The number of carbonyl (C=O) groups is 1. The van der Waals surface area contributed by atoms with E-state index in [1.165, 1.54) is 19.1 Å². The summed E-state index contributed by atoms with van der Waals surface area (Å²) in [6, 6.07) is 13.3. The van der Waals surface area contributed by atoms with Crippen LogP contribution in [0.1, 0.15) is 19.4 Å². The molecule has 2 aromatic carbocycles. The van der Waals surface area contributed by atoms with E-state index in [9.17, 15) is 13.2 Å². The maximum atomic E-state index is 12.4. The molecule has 2 rings (SSSR count).